The molecule has 0 saturated carbocycles. The van der Waals surface area contributed by atoms with E-state index < -0.39 is 0 Å². The first kappa shape index (κ1) is 18.3. The third-order valence-corrected chi connectivity index (χ3v) is 4.09. The van der Waals surface area contributed by atoms with Crippen LogP contribution in [0.3, 0.4) is 0 Å². The molecule has 3 rings (SSSR count). The number of likely N-dealkylation sites (N-methyl/N-ethyl adjacent to an activating group) is 1. The number of rotatable bonds is 5. The molecule has 0 atom stereocenters. The molecule has 0 aliphatic heterocycles. The number of anilines is 1. The highest BCUT2D eigenvalue weighted by Gasteiger charge is 2.12. The lowest BCUT2D eigenvalue weighted by molar-refractivity contribution is -0.129. The molecule has 27 heavy (non-hydrogen) atoms. The Labute approximate surface area is 156 Å². The molecule has 0 radical (unpaired) electrons. The molecule has 4 nitrogen and oxygen atoms in total. The number of carbonyl (C=O) groups excluding carboxylic acids is 2. The summed E-state index contributed by atoms with van der Waals surface area (Å²) in [6, 6.07) is 19.3. The zero-order valence-corrected chi connectivity index (χ0v) is 14.9. The minimum absolute atomic E-state index is 0.0878. The third kappa shape index (κ3) is 4.79. The van der Waals surface area contributed by atoms with Crippen LogP contribution >= 0.6 is 0 Å². The van der Waals surface area contributed by atoms with Gasteiger partial charge in [0.2, 0.25) is 11.8 Å². The molecule has 136 valence electrons. The van der Waals surface area contributed by atoms with Crippen molar-refractivity contribution in [3.8, 4) is 0 Å². The molecule has 0 spiro atoms. The van der Waals surface area contributed by atoms with Crippen molar-refractivity contribution in [2.45, 2.75) is 0 Å². The number of amides is 2. The molecule has 0 saturated heterocycles. The molecule has 0 fully saturated rings. The summed E-state index contributed by atoms with van der Waals surface area (Å²) in [6.07, 6.45) is 2.84. The SMILES string of the molecule is CN(CC(=O)Nc1cccc2ccccc12)C(=O)C=Cc1cccc(F)c1. The second-order valence-corrected chi connectivity index (χ2v) is 6.16. The van der Waals surface area contributed by atoms with E-state index in [9.17, 15) is 14.0 Å². The fourth-order valence-electron chi connectivity index (χ4n) is 2.72. The Morgan fingerprint density at radius 1 is 1.04 bits per heavy atom. The smallest absolute Gasteiger partial charge is 0.246 e. The Balaban J connectivity index is 1.62. The quantitative estimate of drug-likeness (QED) is 0.695. The van der Waals surface area contributed by atoms with E-state index in [-0.39, 0.29) is 24.2 Å². The number of hydrogen-bond acceptors (Lipinski definition) is 2. The molecule has 1 N–H and O–H groups in total. The summed E-state index contributed by atoms with van der Waals surface area (Å²) in [5, 5.41) is 4.81. The van der Waals surface area contributed by atoms with Gasteiger partial charge in [0.15, 0.2) is 0 Å². The van der Waals surface area contributed by atoms with E-state index in [1.54, 1.807) is 19.2 Å². The molecular weight excluding hydrogens is 343 g/mol. The number of carbonyl (C=O) groups is 2. The lowest BCUT2D eigenvalue weighted by Crippen LogP contribution is -2.33. The van der Waals surface area contributed by atoms with Crippen LogP contribution in [0.25, 0.3) is 16.8 Å². The number of nitrogens with one attached hydrogen (secondary N) is 1. The van der Waals surface area contributed by atoms with Crippen LogP contribution in [0.1, 0.15) is 5.56 Å². The van der Waals surface area contributed by atoms with Crippen molar-refractivity contribution < 1.29 is 14.0 Å². The van der Waals surface area contributed by atoms with Gasteiger partial charge in [0.1, 0.15) is 5.82 Å². The van der Waals surface area contributed by atoms with Gasteiger partial charge in [0.25, 0.3) is 0 Å². The van der Waals surface area contributed by atoms with Crippen LogP contribution in [0.4, 0.5) is 10.1 Å². The monoisotopic (exact) mass is 362 g/mol. The van der Waals surface area contributed by atoms with Crippen LogP contribution in [-0.2, 0) is 9.59 Å². The highest BCUT2D eigenvalue weighted by Crippen LogP contribution is 2.22. The highest BCUT2D eigenvalue weighted by molar-refractivity contribution is 6.04. The molecule has 0 unspecified atom stereocenters. The fraction of sp³-hybridized carbons (Fsp3) is 0.0909. The van der Waals surface area contributed by atoms with E-state index >= 15 is 0 Å². The van der Waals surface area contributed by atoms with Gasteiger partial charge < -0.3 is 10.2 Å². The molecule has 0 bridgehead atoms. The van der Waals surface area contributed by atoms with Gasteiger partial charge in [-0.1, -0.05) is 48.5 Å². The van der Waals surface area contributed by atoms with E-state index in [0.29, 0.717) is 11.3 Å². The van der Waals surface area contributed by atoms with Gasteiger partial charge in [-0.05, 0) is 35.2 Å². The van der Waals surface area contributed by atoms with Crippen LogP contribution < -0.4 is 5.32 Å². The van der Waals surface area contributed by atoms with Crippen LogP contribution in [0.5, 0.6) is 0 Å². The summed E-state index contributed by atoms with van der Waals surface area (Å²) in [5.41, 5.74) is 1.28. The molecule has 0 heterocycles. The average molecular weight is 362 g/mol. The summed E-state index contributed by atoms with van der Waals surface area (Å²) >= 11 is 0. The van der Waals surface area contributed by atoms with Crippen LogP contribution in [0.15, 0.2) is 72.8 Å². The molecule has 0 aliphatic rings. The fourth-order valence-corrected chi connectivity index (χ4v) is 2.72. The topological polar surface area (TPSA) is 49.4 Å². The summed E-state index contributed by atoms with van der Waals surface area (Å²) in [7, 11) is 1.54. The number of benzene rings is 3. The van der Waals surface area contributed by atoms with Gasteiger partial charge >= 0.3 is 0 Å². The van der Waals surface area contributed by atoms with Crippen LogP contribution in [0, 0.1) is 5.82 Å². The summed E-state index contributed by atoms with van der Waals surface area (Å²) in [6.45, 7) is -0.0878. The minimum Gasteiger partial charge on any atom is -0.333 e. The minimum atomic E-state index is -0.368. The maximum Gasteiger partial charge on any atom is 0.246 e. The van der Waals surface area contributed by atoms with Crippen molar-refractivity contribution in [1.29, 1.82) is 0 Å². The van der Waals surface area contributed by atoms with Gasteiger partial charge in [-0.2, -0.15) is 0 Å². The van der Waals surface area contributed by atoms with E-state index in [4.69, 9.17) is 0 Å². The van der Waals surface area contributed by atoms with Gasteiger partial charge in [-0.3, -0.25) is 9.59 Å². The molecule has 0 aliphatic carbocycles. The zero-order chi connectivity index (χ0) is 19.2. The first-order valence-corrected chi connectivity index (χ1v) is 8.49. The number of nitrogens with zero attached hydrogens (tertiary/aromatic N) is 1. The Kier molecular flexibility index (Phi) is 5.61. The average Bonchev–Trinajstić information content (AvgIpc) is 2.66. The molecule has 5 heteroatoms. The van der Waals surface area contributed by atoms with Crippen molar-refractivity contribution in [2.24, 2.45) is 0 Å². The Bertz CT molecular complexity index is 1010. The highest BCUT2D eigenvalue weighted by atomic mass is 19.1. The molecule has 0 aromatic heterocycles. The van der Waals surface area contributed by atoms with E-state index in [1.807, 2.05) is 42.5 Å². The van der Waals surface area contributed by atoms with Crippen LogP contribution in [0.2, 0.25) is 0 Å². The van der Waals surface area contributed by atoms with Gasteiger partial charge in [0, 0.05) is 24.2 Å². The summed E-state index contributed by atoms with van der Waals surface area (Å²) in [4.78, 5) is 25.8. The number of halogens is 1. The normalized spacial score (nSPS) is 10.9. The standard InChI is InChI=1S/C22H19FN2O2/c1-25(22(27)13-12-16-6-4-9-18(23)14-16)15-21(26)24-20-11-5-8-17-7-2-3-10-19(17)20/h2-14H,15H2,1H3,(H,24,26). The second kappa shape index (κ2) is 8.27. The van der Waals surface area contributed by atoms with E-state index in [2.05, 4.69) is 5.32 Å². The maximum absolute atomic E-state index is 13.2. The lowest BCUT2D eigenvalue weighted by atomic mass is 10.1. The predicted molar refractivity (Wildman–Crippen MR) is 106 cm³/mol. The van der Waals surface area contributed by atoms with Crippen molar-refractivity contribution in [3.05, 3.63) is 84.2 Å². The summed E-state index contributed by atoms with van der Waals surface area (Å²) < 4.78 is 13.2. The van der Waals surface area contributed by atoms with Crippen LogP contribution in [-0.4, -0.2) is 30.3 Å². The van der Waals surface area contributed by atoms with Gasteiger partial charge in [0.05, 0.1) is 6.54 Å². The van der Waals surface area contributed by atoms with Crippen molar-refractivity contribution >= 4 is 34.4 Å². The van der Waals surface area contributed by atoms with Gasteiger partial charge in [-0.25, -0.2) is 4.39 Å². The Hall–Kier alpha value is -3.47. The lowest BCUT2D eigenvalue weighted by Gasteiger charge is -2.15. The Morgan fingerprint density at radius 3 is 2.59 bits per heavy atom. The first-order chi connectivity index (χ1) is 13.0. The van der Waals surface area contributed by atoms with E-state index in [0.717, 1.165) is 10.8 Å². The number of hydrogen-bond donors (Lipinski definition) is 1. The van der Waals surface area contributed by atoms with E-state index in [1.165, 1.54) is 29.2 Å². The van der Waals surface area contributed by atoms with Gasteiger partial charge in [-0.15, -0.1) is 0 Å². The zero-order valence-electron chi connectivity index (χ0n) is 14.9. The van der Waals surface area contributed by atoms with Crippen molar-refractivity contribution in [1.82, 2.24) is 4.90 Å². The molecule has 2 amide bonds. The predicted octanol–water partition coefficient (Wildman–Crippen LogP) is 4.09. The Morgan fingerprint density at radius 2 is 1.78 bits per heavy atom. The molecule has 3 aromatic rings. The maximum atomic E-state index is 13.2. The first-order valence-electron chi connectivity index (χ1n) is 8.49. The van der Waals surface area contributed by atoms with Crippen molar-refractivity contribution in [2.75, 3.05) is 18.9 Å². The molecular formula is C22H19FN2O2. The summed E-state index contributed by atoms with van der Waals surface area (Å²) in [5.74, 6) is -0.999. The second-order valence-electron chi connectivity index (χ2n) is 6.16. The third-order valence-electron chi connectivity index (χ3n) is 4.09. The molecule has 3 aromatic carbocycles. The number of fused-ring (bicyclic) bond motifs is 1. The van der Waals surface area contributed by atoms with Crippen molar-refractivity contribution in [3.63, 3.8) is 0 Å². The largest absolute Gasteiger partial charge is 0.333 e.